The lowest BCUT2D eigenvalue weighted by Crippen LogP contribution is -2.53. The molecule has 1 rings (SSSR count). The quantitative estimate of drug-likeness (QED) is 0.140. The van der Waals surface area contributed by atoms with Crippen LogP contribution in [0.5, 0.6) is 0 Å². The van der Waals surface area contributed by atoms with Crippen molar-refractivity contribution in [2.75, 3.05) is 19.7 Å². The predicted octanol–water partition coefficient (Wildman–Crippen LogP) is -0.624. The van der Waals surface area contributed by atoms with Gasteiger partial charge >= 0.3 is 0 Å². The number of nitrogens with two attached hydrogens (primary N) is 1. The summed E-state index contributed by atoms with van der Waals surface area (Å²) in [6, 6.07) is -1.44. The Labute approximate surface area is 178 Å². The standard InChI is InChI=1S/C20H37N5O5/c1-12(2)6-7-14(18(28)20(5)11-30-20)24-16(26)9-22-19(29)15(8-13(3)4)25-17(27)10-23-21/h12-15,23H,6-11,21H2,1-5H3,(H,22,29)(H,24,26)(H,25,27). The number of rotatable bonds is 14. The van der Waals surface area contributed by atoms with E-state index in [1.807, 2.05) is 27.7 Å². The van der Waals surface area contributed by atoms with Crippen LogP contribution in [0.1, 0.15) is 53.9 Å². The number of Topliss-reactive ketones (excluding diaryl/α,β-unsaturated/α-hetero) is 1. The number of hydrazine groups is 1. The molecular formula is C20H37N5O5. The zero-order valence-electron chi connectivity index (χ0n) is 18.7. The largest absolute Gasteiger partial charge is 0.361 e. The minimum atomic E-state index is -0.832. The van der Waals surface area contributed by atoms with Gasteiger partial charge in [-0.15, -0.1) is 0 Å². The number of epoxide rings is 1. The van der Waals surface area contributed by atoms with Crippen LogP contribution in [0, 0.1) is 11.8 Å². The highest BCUT2D eigenvalue weighted by atomic mass is 16.6. The maximum absolute atomic E-state index is 12.6. The fourth-order valence-electron chi connectivity index (χ4n) is 2.96. The Morgan fingerprint density at radius 1 is 0.933 bits per heavy atom. The minimum absolute atomic E-state index is 0.122. The number of carbonyl (C=O) groups is 4. The molecule has 172 valence electrons. The first kappa shape index (κ1) is 26.0. The SMILES string of the molecule is CC(C)CCC(NC(=O)CNC(=O)C(CC(C)C)NC(=O)CNN)C(=O)C1(C)CO1. The highest BCUT2D eigenvalue weighted by Crippen LogP contribution is 2.29. The molecule has 1 fully saturated rings. The van der Waals surface area contributed by atoms with E-state index in [4.69, 9.17) is 10.6 Å². The van der Waals surface area contributed by atoms with Crippen molar-refractivity contribution in [3.8, 4) is 0 Å². The average molecular weight is 428 g/mol. The molecule has 0 aromatic heterocycles. The van der Waals surface area contributed by atoms with Gasteiger partial charge in [-0.3, -0.25) is 30.4 Å². The highest BCUT2D eigenvalue weighted by Gasteiger charge is 2.49. The molecule has 6 N–H and O–H groups in total. The van der Waals surface area contributed by atoms with Gasteiger partial charge < -0.3 is 20.7 Å². The molecule has 3 amide bonds. The third kappa shape index (κ3) is 9.19. The zero-order chi connectivity index (χ0) is 22.9. The molecule has 0 saturated carbocycles. The summed E-state index contributed by atoms with van der Waals surface area (Å²) in [6.07, 6.45) is 1.69. The van der Waals surface area contributed by atoms with E-state index in [1.165, 1.54) is 0 Å². The summed E-state index contributed by atoms with van der Waals surface area (Å²) in [7, 11) is 0. The predicted molar refractivity (Wildman–Crippen MR) is 112 cm³/mol. The van der Waals surface area contributed by atoms with Gasteiger partial charge in [-0.1, -0.05) is 27.7 Å². The van der Waals surface area contributed by atoms with Gasteiger partial charge in [0, 0.05) is 0 Å². The summed E-state index contributed by atoms with van der Waals surface area (Å²) in [5.41, 5.74) is 1.40. The lowest BCUT2D eigenvalue weighted by molar-refractivity contribution is -0.132. The van der Waals surface area contributed by atoms with E-state index in [-0.39, 0.29) is 24.8 Å². The molecule has 1 heterocycles. The lowest BCUT2D eigenvalue weighted by atomic mass is 9.94. The summed E-state index contributed by atoms with van der Waals surface area (Å²) < 4.78 is 5.23. The molecule has 1 aliphatic rings. The Kier molecular flexibility index (Phi) is 10.4. The van der Waals surface area contributed by atoms with Crippen LogP contribution in [-0.2, 0) is 23.9 Å². The van der Waals surface area contributed by atoms with Crippen LogP contribution in [-0.4, -0.2) is 60.9 Å². The van der Waals surface area contributed by atoms with Crippen molar-refractivity contribution in [1.29, 1.82) is 0 Å². The molecule has 10 heteroatoms. The van der Waals surface area contributed by atoms with Gasteiger partial charge in [-0.2, -0.15) is 0 Å². The van der Waals surface area contributed by atoms with E-state index in [2.05, 4.69) is 21.4 Å². The van der Waals surface area contributed by atoms with E-state index < -0.39 is 35.4 Å². The van der Waals surface area contributed by atoms with Crippen molar-refractivity contribution >= 4 is 23.5 Å². The van der Waals surface area contributed by atoms with Gasteiger partial charge in [0.1, 0.15) is 11.6 Å². The summed E-state index contributed by atoms with van der Waals surface area (Å²) in [4.78, 5) is 49.3. The number of hydrogen-bond acceptors (Lipinski definition) is 7. The van der Waals surface area contributed by atoms with E-state index in [9.17, 15) is 19.2 Å². The smallest absolute Gasteiger partial charge is 0.243 e. The topological polar surface area (TPSA) is 155 Å². The Hall–Kier alpha value is -2.04. The second-order valence-corrected chi connectivity index (χ2v) is 8.82. The summed E-state index contributed by atoms with van der Waals surface area (Å²) in [5.74, 6) is 4.16. The van der Waals surface area contributed by atoms with Gasteiger partial charge in [0.05, 0.1) is 25.7 Å². The molecule has 0 aliphatic carbocycles. The number of nitrogens with one attached hydrogen (secondary N) is 4. The first-order valence-corrected chi connectivity index (χ1v) is 10.5. The zero-order valence-corrected chi connectivity index (χ0v) is 18.7. The fraction of sp³-hybridized carbons (Fsp3) is 0.800. The maximum atomic E-state index is 12.6. The Balaban J connectivity index is 2.63. The second-order valence-electron chi connectivity index (χ2n) is 8.82. The van der Waals surface area contributed by atoms with Crippen LogP contribution in [0.15, 0.2) is 0 Å². The molecule has 3 unspecified atom stereocenters. The van der Waals surface area contributed by atoms with Gasteiger partial charge in [0.15, 0.2) is 5.78 Å². The third-order valence-corrected chi connectivity index (χ3v) is 4.83. The first-order chi connectivity index (χ1) is 14.0. The number of hydrogen-bond donors (Lipinski definition) is 5. The summed E-state index contributed by atoms with van der Waals surface area (Å²) in [5, 5.41) is 7.85. The molecule has 0 spiro atoms. The first-order valence-electron chi connectivity index (χ1n) is 10.5. The molecule has 0 aromatic carbocycles. The molecular weight excluding hydrogens is 390 g/mol. The van der Waals surface area contributed by atoms with Crippen molar-refractivity contribution < 1.29 is 23.9 Å². The Bertz CT molecular complexity index is 619. The Morgan fingerprint density at radius 2 is 1.50 bits per heavy atom. The van der Waals surface area contributed by atoms with Crippen LogP contribution < -0.4 is 27.2 Å². The van der Waals surface area contributed by atoms with E-state index in [0.717, 1.165) is 6.42 Å². The minimum Gasteiger partial charge on any atom is -0.361 e. The van der Waals surface area contributed by atoms with Crippen molar-refractivity contribution in [1.82, 2.24) is 21.4 Å². The molecule has 3 atom stereocenters. The average Bonchev–Trinajstić information content (AvgIpc) is 3.40. The molecule has 0 aromatic rings. The number of ketones is 1. The lowest BCUT2D eigenvalue weighted by Gasteiger charge is -2.22. The van der Waals surface area contributed by atoms with Gasteiger partial charge in [0.25, 0.3) is 0 Å². The van der Waals surface area contributed by atoms with Crippen LogP contribution in [0.3, 0.4) is 0 Å². The van der Waals surface area contributed by atoms with Gasteiger partial charge in [0.2, 0.25) is 17.7 Å². The van der Waals surface area contributed by atoms with Crippen LogP contribution in [0.2, 0.25) is 0 Å². The number of ether oxygens (including phenoxy) is 1. The molecule has 0 radical (unpaired) electrons. The fourth-order valence-corrected chi connectivity index (χ4v) is 2.96. The van der Waals surface area contributed by atoms with E-state index >= 15 is 0 Å². The van der Waals surface area contributed by atoms with Crippen molar-refractivity contribution in [3.05, 3.63) is 0 Å². The third-order valence-electron chi connectivity index (χ3n) is 4.83. The molecule has 10 nitrogen and oxygen atoms in total. The molecule has 30 heavy (non-hydrogen) atoms. The van der Waals surface area contributed by atoms with Crippen molar-refractivity contribution in [2.24, 2.45) is 17.7 Å². The monoisotopic (exact) mass is 427 g/mol. The van der Waals surface area contributed by atoms with Gasteiger partial charge in [-0.25, -0.2) is 0 Å². The van der Waals surface area contributed by atoms with Crippen LogP contribution in [0.4, 0.5) is 0 Å². The number of amides is 3. The van der Waals surface area contributed by atoms with Crippen LogP contribution in [0.25, 0.3) is 0 Å². The summed E-state index contributed by atoms with van der Waals surface area (Å²) >= 11 is 0. The Morgan fingerprint density at radius 3 is 2.00 bits per heavy atom. The summed E-state index contributed by atoms with van der Waals surface area (Å²) in [6.45, 7) is 9.58. The molecule has 1 saturated heterocycles. The number of carbonyl (C=O) groups excluding carboxylic acids is 4. The molecule has 0 bridgehead atoms. The maximum Gasteiger partial charge on any atom is 0.243 e. The van der Waals surface area contributed by atoms with Gasteiger partial charge in [-0.05, 0) is 38.0 Å². The van der Waals surface area contributed by atoms with E-state index in [1.54, 1.807) is 6.92 Å². The molecule has 1 aliphatic heterocycles. The van der Waals surface area contributed by atoms with E-state index in [0.29, 0.717) is 25.4 Å². The van der Waals surface area contributed by atoms with Crippen molar-refractivity contribution in [3.63, 3.8) is 0 Å². The van der Waals surface area contributed by atoms with Crippen molar-refractivity contribution in [2.45, 2.75) is 71.6 Å². The normalized spacial score (nSPS) is 19.9. The second kappa shape index (κ2) is 12.0. The highest BCUT2D eigenvalue weighted by molar-refractivity contribution is 5.97. The van der Waals surface area contributed by atoms with Crippen LogP contribution >= 0.6 is 0 Å².